The number of anilines is 1. The van der Waals surface area contributed by atoms with E-state index in [1.165, 1.54) is 16.8 Å². The molecule has 1 saturated heterocycles. The predicted octanol–water partition coefficient (Wildman–Crippen LogP) is 4.30. The molecule has 2 aromatic carbocycles. The van der Waals surface area contributed by atoms with Crippen LogP contribution in [0.2, 0.25) is 0 Å². The molecule has 29 heavy (non-hydrogen) atoms. The van der Waals surface area contributed by atoms with E-state index in [-0.39, 0.29) is 12.1 Å². The van der Waals surface area contributed by atoms with Gasteiger partial charge in [-0.25, -0.2) is 4.79 Å². The van der Waals surface area contributed by atoms with E-state index in [4.69, 9.17) is 4.74 Å². The SMILES string of the molecule is C[C@@H]1CCN(C(=O)OCc2ccccc2)[C@@H](C)c2cc(N3CCNCC3)ccc21. The van der Waals surface area contributed by atoms with Crippen LogP contribution in [0, 0.1) is 0 Å². The number of fused-ring (bicyclic) bond motifs is 1. The highest BCUT2D eigenvalue weighted by atomic mass is 16.6. The fourth-order valence-electron chi connectivity index (χ4n) is 4.39. The average molecular weight is 394 g/mol. The number of benzene rings is 2. The van der Waals surface area contributed by atoms with E-state index in [9.17, 15) is 4.79 Å². The average Bonchev–Trinajstić information content (AvgIpc) is 2.90. The maximum absolute atomic E-state index is 12.9. The smallest absolute Gasteiger partial charge is 0.410 e. The van der Waals surface area contributed by atoms with Gasteiger partial charge in [0, 0.05) is 38.4 Å². The lowest BCUT2D eigenvalue weighted by Gasteiger charge is -2.32. The van der Waals surface area contributed by atoms with Crippen LogP contribution in [0.5, 0.6) is 0 Å². The second-order valence-corrected chi connectivity index (χ2v) is 8.15. The van der Waals surface area contributed by atoms with Crippen molar-refractivity contribution in [1.29, 1.82) is 0 Å². The van der Waals surface area contributed by atoms with E-state index in [0.717, 1.165) is 38.2 Å². The Bertz CT molecular complexity index is 833. The van der Waals surface area contributed by atoms with Crippen LogP contribution in [0.3, 0.4) is 0 Å². The molecule has 2 aliphatic rings. The third kappa shape index (κ3) is 4.40. The quantitative estimate of drug-likeness (QED) is 0.844. The highest BCUT2D eigenvalue weighted by Crippen LogP contribution is 2.37. The summed E-state index contributed by atoms with van der Waals surface area (Å²) in [6, 6.07) is 16.7. The zero-order chi connectivity index (χ0) is 20.2. The Morgan fingerprint density at radius 1 is 1.03 bits per heavy atom. The number of rotatable bonds is 3. The van der Waals surface area contributed by atoms with Crippen molar-refractivity contribution in [2.75, 3.05) is 37.6 Å². The minimum absolute atomic E-state index is 0.00101. The molecule has 1 N–H and O–H groups in total. The number of hydrogen-bond donors (Lipinski definition) is 1. The molecule has 0 aromatic heterocycles. The van der Waals surface area contributed by atoms with Crippen molar-refractivity contribution >= 4 is 11.8 Å². The van der Waals surface area contributed by atoms with Gasteiger partial charge >= 0.3 is 6.09 Å². The second kappa shape index (κ2) is 8.87. The summed E-state index contributed by atoms with van der Waals surface area (Å²) < 4.78 is 5.66. The van der Waals surface area contributed by atoms with Crippen molar-refractivity contribution < 1.29 is 9.53 Å². The van der Waals surface area contributed by atoms with Crippen LogP contribution in [-0.2, 0) is 11.3 Å². The number of piperazine rings is 1. The van der Waals surface area contributed by atoms with Gasteiger partial charge in [-0.15, -0.1) is 0 Å². The molecule has 154 valence electrons. The van der Waals surface area contributed by atoms with Crippen LogP contribution in [0.1, 0.15) is 48.9 Å². The lowest BCUT2D eigenvalue weighted by Crippen LogP contribution is -2.43. The molecular formula is C24H31N3O2. The second-order valence-electron chi connectivity index (χ2n) is 8.15. The summed E-state index contributed by atoms with van der Waals surface area (Å²) in [5.74, 6) is 0.427. The molecular weight excluding hydrogens is 362 g/mol. The molecule has 5 heteroatoms. The largest absolute Gasteiger partial charge is 0.445 e. The standard InChI is InChI=1S/C24H31N3O2/c1-18-10-13-27(24(28)29-17-20-6-4-3-5-7-20)19(2)23-16-21(8-9-22(18)23)26-14-11-25-12-15-26/h3-9,16,18-19,25H,10-15,17H2,1-2H3/t18-,19+/m1/s1. The Hall–Kier alpha value is -2.53. The normalized spacial score (nSPS) is 22.0. The predicted molar refractivity (Wildman–Crippen MR) is 116 cm³/mol. The summed E-state index contributed by atoms with van der Waals surface area (Å²) >= 11 is 0. The molecule has 1 fully saturated rings. The molecule has 4 rings (SSSR count). The number of hydrogen-bond acceptors (Lipinski definition) is 4. The molecule has 2 heterocycles. The van der Waals surface area contributed by atoms with E-state index in [0.29, 0.717) is 19.1 Å². The van der Waals surface area contributed by atoms with Gasteiger partial charge in [-0.1, -0.05) is 43.3 Å². The van der Waals surface area contributed by atoms with Gasteiger partial charge in [-0.05, 0) is 48.1 Å². The Morgan fingerprint density at radius 3 is 2.55 bits per heavy atom. The first-order valence-electron chi connectivity index (χ1n) is 10.7. The molecule has 2 aromatic rings. The molecule has 0 saturated carbocycles. The highest BCUT2D eigenvalue weighted by Gasteiger charge is 2.30. The molecule has 0 aliphatic carbocycles. The van der Waals surface area contributed by atoms with Crippen molar-refractivity contribution in [2.45, 2.75) is 38.8 Å². The Morgan fingerprint density at radius 2 is 1.79 bits per heavy atom. The van der Waals surface area contributed by atoms with Gasteiger partial charge in [-0.3, -0.25) is 0 Å². The first-order chi connectivity index (χ1) is 14.1. The summed E-state index contributed by atoms with van der Waals surface area (Å²) in [5.41, 5.74) is 4.87. The Kier molecular flexibility index (Phi) is 6.05. The third-order valence-corrected chi connectivity index (χ3v) is 6.24. The zero-order valence-electron chi connectivity index (χ0n) is 17.4. The number of amides is 1. The lowest BCUT2D eigenvalue weighted by atomic mass is 9.91. The summed E-state index contributed by atoms with van der Waals surface area (Å²) in [6.45, 7) is 9.48. The van der Waals surface area contributed by atoms with Gasteiger partial charge in [0.15, 0.2) is 0 Å². The van der Waals surface area contributed by atoms with Gasteiger partial charge in [0.2, 0.25) is 0 Å². The van der Waals surface area contributed by atoms with Crippen LogP contribution in [0.25, 0.3) is 0 Å². The van der Waals surface area contributed by atoms with Gasteiger partial charge < -0.3 is 19.9 Å². The Balaban J connectivity index is 1.53. The maximum Gasteiger partial charge on any atom is 0.410 e. The molecule has 2 atom stereocenters. The van der Waals surface area contributed by atoms with Crippen molar-refractivity contribution in [1.82, 2.24) is 10.2 Å². The maximum atomic E-state index is 12.9. The van der Waals surface area contributed by atoms with Crippen molar-refractivity contribution in [2.24, 2.45) is 0 Å². The molecule has 5 nitrogen and oxygen atoms in total. The van der Waals surface area contributed by atoms with E-state index in [1.54, 1.807) is 0 Å². The first-order valence-corrected chi connectivity index (χ1v) is 10.7. The summed E-state index contributed by atoms with van der Waals surface area (Å²) in [7, 11) is 0. The fraction of sp³-hybridized carbons (Fsp3) is 0.458. The summed E-state index contributed by atoms with van der Waals surface area (Å²) in [4.78, 5) is 17.2. The third-order valence-electron chi connectivity index (χ3n) is 6.24. The Labute approximate surface area is 173 Å². The molecule has 0 radical (unpaired) electrons. The van der Waals surface area contributed by atoms with Gasteiger partial charge in [0.05, 0.1) is 6.04 Å². The monoisotopic (exact) mass is 393 g/mol. The first kappa shape index (κ1) is 19.8. The van der Waals surface area contributed by atoms with E-state index in [1.807, 2.05) is 35.2 Å². The van der Waals surface area contributed by atoms with Crippen LogP contribution < -0.4 is 10.2 Å². The summed E-state index contributed by atoms with van der Waals surface area (Å²) in [6.07, 6.45) is 0.721. The van der Waals surface area contributed by atoms with E-state index >= 15 is 0 Å². The van der Waals surface area contributed by atoms with Crippen LogP contribution >= 0.6 is 0 Å². The molecule has 0 spiro atoms. The summed E-state index contributed by atoms with van der Waals surface area (Å²) in [5, 5.41) is 3.41. The molecule has 0 bridgehead atoms. The number of carbonyl (C=O) groups excluding carboxylic acids is 1. The molecule has 2 aliphatic heterocycles. The van der Waals surface area contributed by atoms with Crippen LogP contribution in [-0.4, -0.2) is 43.7 Å². The number of nitrogens with zero attached hydrogens (tertiary/aromatic N) is 2. The van der Waals surface area contributed by atoms with E-state index < -0.39 is 0 Å². The van der Waals surface area contributed by atoms with Crippen molar-refractivity contribution in [3.63, 3.8) is 0 Å². The van der Waals surface area contributed by atoms with Crippen molar-refractivity contribution in [3.05, 3.63) is 65.2 Å². The van der Waals surface area contributed by atoms with Crippen LogP contribution in [0.15, 0.2) is 48.5 Å². The van der Waals surface area contributed by atoms with Gasteiger partial charge in [0.1, 0.15) is 6.61 Å². The van der Waals surface area contributed by atoms with Gasteiger partial charge in [0.25, 0.3) is 0 Å². The fourth-order valence-corrected chi connectivity index (χ4v) is 4.39. The van der Waals surface area contributed by atoms with Crippen LogP contribution in [0.4, 0.5) is 10.5 Å². The topological polar surface area (TPSA) is 44.8 Å². The number of ether oxygens (including phenoxy) is 1. The van der Waals surface area contributed by atoms with Gasteiger partial charge in [-0.2, -0.15) is 0 Å². The van der Waals surface area contributed by atoms with Crippen molar-refractivity contribution in [3.8, 4) is 0 Å². The number of nitrogens with one attached hydrogen (secondary N) is 1. The lowest BCUT2D eigenvalue weighted by molar-refractivity contribution is 0.0834. The molecule has 1 amide bonds. The zero-order valence-corrected chi connectivity index (χ0v) is 17.4. The highest BCUT2D eigenvalue weighted by molar-refractivity contribution is 5.69. The minimum atomic E-state index is -0.228. The number of carbonyl (C=O) groups is 1. The molecule has 0 unspecified atom stereocenters. The van der Waals surface area contributed by atoms with E-state index in [2.05, 4.69) is 42.3 Å². The minimum Gasteiger partial charge on any atom is -0.445 e.